The molecule has 0 atom stereocenters. The molecule has 6 heteroatoms. The highest BCUT2D eigenvalue weighted by atomic mass is 32.1. The van der Waals surface area contributed by atoms with Crippen LogP contribution in [0.1, 0.15) is 17.0 Å². The summed E-state index contributed by atoms with van der Waals surface area (Å²) in [6, 6.07) is 3.80. The first-order valence-corrected chi connectivity index (χ1v) is 5.98. The van der Waals surface area contributed by atoms with Gasteiger partial charge >= 0.3 is 0 Å². The minimum atomic E-state index is 0.363. The fourth-order valence-electron chi connectivity index (χ4n) is 2.08. The number of furan rings is 1. The molecule has 0 aliphatic heterocycles. The molecule has 0 radical (unpaired) electrons. The Morgan fingerprint density at radius 1 is 1.61 bits per heavy atom. The van der Waals surface area contributed by atoms with Gasteiger partial charge in [0.15, 0.2) is 0 Å². The fraction of sp³-hybridized carbons (Fsp3) is 0.333. The quantitative estimate of drug-likeness (QED) is 0.850. The summed E-state index contributed by atoms with van der Waals surface area (Å²) in [5.74, 6) is 1.78. The van der Waals surface area contributed by atoms with Crippen LogP contribution in [-0.2, 0) is 13.6 Å². The van der Waals surface area contributed by atoms with Crippen LogP contribution >= 0.6 is 12.2 Å². The first-order chi connectivity index (χ1) is 8.50. The lowest BCUT2D eigenvalue weighted by Crippen LogP contribution is -2.23. The van der Waals surface area contributed by atoms with Gasteiger partial charge in [-0.25, -0.2) is 0 Å². The molecule has 2 rings (SSSR count). The molecule has 2 heterocycles. The summed E-state index contributed by atoms with van der Waals surface area (Å²) < 4.78 is 7.12. The van der Waals surface area contributed by atoms with E-state index in [1.807, 2.05) is 38.1 Å². The van der Waals surface area contributed by atoms with Crippen LogP contribution in [-0.4, -0.2) is 21.8 Å². The van der Waals surface area contributed by atoms with Crippen molar-refractivity contribution in [3.63, 3.8) is 0 Å². The number of nitrogens with two attached hydrogens (primary N) is 1. The number of aromatic nitrogens is 2. The topological polar surface area (TPSA) is 60.2 Å². The molecule has 0 saturated carbocycles. The fourth-order valence-corrected chi connectivity index (χ4v) is 2.32. The Morgan fingerprint density at radius 2 is 2.33 bits per heavy atom. The van der Waals surface area contributed by atoms with E-state index in [1.54, 1.807) is 10.9 Å². The Morgan fingerprint density at radius 3 is 2.89 bits per heavy atom. The van der Waals surface area contributed by atoms with Crippen molar-refractivity contribution in [2.24, 2.45) is 12.8 Å². The summed E-state index contributed by atoms with van der Waals surface area (Å²) in [5.41, 5.74) is 7.43. The lowest BCUT2D eigenvalue weighted by molar-refractivity contribution is 0.505. The van der Waals surface area contributed by atoms with Crippen molar-refractivity contribution in [1.82, 2.24) is 9.78 Å². The minimum absolute atomic E-state index is 0.363. The Balaban J connectivity index is 2.35. The maximum Gasteiger partial charge on any atom is 0.137 e. The number of hydrogen-bond donors (Lipinski definition) is 1. The van der Waals surface area contributed by atoms with Gasteiger partial charge in [-0.3, -0.25) is 4.68 Å². The lowest BCUT2D eigenvalue weighted by atomic mass is 10.2. The molecule has 0 aliphatic carbocycles. The zero-order valence-electron chi connectivity index (χ0n) is 10.7. The number of thiocarbonyl (C=S) groups is 1. The van der Waals surface area contributed by atoms with Gasteiger partial charge in [-0.1, -0.05) is 12.2 Å². The highest BCUT2D eigenvalue weighted by Gasteiger charge is 2.19. The van der Waals surface area contributed by atoms with E-state index >= 15 is 0 Å². The largest absolute Gasteiger partial charge is 0.467 e. The maximum atomic E-state index is 5.77. The van der Waals surface area contributed by atoms with Gasteiger partial charge in [0.05, 0.1) is 24.1 Å². The highest BCUT2D eigenvalue weighted by Crippen LogP contribution is 2.23. The molecule has 0 bridgehead atoms. The Labute approximate surface area is 111 Å². The average molecular weight is 264 g/mol. The second-order valence-corrected chi connectivity index (χ2v) is 4.65. The van der Waals surface area contributed by atoms with E-state index in [-0.39, 0.29) is 0 Å². The van der Waals surface area contributed by atoms with Crippen molar-refractivity contribution in [2.75, 3.05) is 11.9 Å². The molecule has 2 aromatic heterocycles. The van der Waals surface area contributed by atoms with Crippen molar-refractivity contribution >= 4 is 23.0 Å². The number of anilines is 1. The second-order valence-electron chi connectivity index (χ2n) is 4.21. The van der Waals surface area contributed by atoms with Crippen molar-refractivity contribution < 1.29 is 4.42 Å². The molecule has 18 heavy (non-hydrogen) atoms. The Hall–Kier alpha value is -1.82. The zero-order valence-corrected chi connectivity index (χ0v) is 11.5. The summed E-state index contributed by atoms with van der Waals surface area (Å²) >= 11 is 5.09. The van der Waals surface area contributed by atoms with Gasteiger partial charge in [0.25, 0.3) is 0 Å². The van der Waals surface area contributed by atoms with Crippen molar-refractivity contribution in [3.05, 3.63) is 35.4 Å². The van der Waals surface area contributed by atoms with E-state index in [4.69, 9.17) is 22.4 Å². The molecule has 2 aromatic rings. The third kappa shape index (κ3) is 2.24. The molecule has 0 saturated heterocycles. The normalized spacial score (nSPS) is 10.6. The van der Waals surface area contributed by atoms with E-state index in [1.165, 1.54) is 0 Å². The van der Waals surface area contributed by atoms with Gasteiger partial charge in [-0.2, -0.15) is 5.10 Å². The third-order valence-electron chi connectivity index (χ3n) is 2.77. The molecule has 0 unspecified atom stereocenters. The number of aryl methyl sites for hydroxylation is 2. The van der Waals surface area contributed by atoms with Crippen molar-refractivity contribution in [1.29, 1.82) is 0 Å². The molecule has 0 aliphatic rings. The van der Waals surface area contributed by atoms with Gasteiger partial charge < -0.3 is 15.1 Å². The summed E-state index contributed by atoms with van der Waals surface area (Å²) in [7, 11) is 3.84. The van der Waals surface area contributed by atoms with Gasteiger partial charge in [-0.05, 0) is 19.1 Å². The van der Waals surface area contributed by atoms with E-state index < -0.39 is 0 Å². The number of nitrogens with zero attached hydrogens (tertiary/aromatic N) is 3. The lowest BCUT2D eigenvalue weighted by Gasteiger charge is -2.19. The monoisotopic (exact) mass is 264 g/mol. The summed E-state index contributed by atoms with van der Waals surface area (Å²) in [6.07, 6.45) is 1.66. The van der Waals surface area contributed by atoms with Crippen LogP contribution in [0.4, 0.5) is 5.82 Å². The third-order valence-corrected chi connectivity index (χ3v) is 2.98. The predicted molar refractivity (Wildman–Crippen MR) is 74.6 cm³/mol. The smallest absolute Gasteiger partial charge is 0.137 e. The maximum absolute atomic E-state index is 5.77. The highest BCUT2D eigenvalue weighted by molar-refractivity contribution is 7.80. The molecule has 0 spiro atoms. The SMILES string of the molecule is Cc1nn(C)c(N(C)Cc2ccco2)c1C(N)=S. The summed E-state index contributed by atoms with van der Waals surface area (Å²) in [6.45, 7) is 2.54. The molecule has 0 amide bonds. The van der Waals surface area contributed by atoms with Crippen molar-refractivity contribution in [3.8, 4) is 0 Å². The predicted octanol–water partition coefficient (Wildman–Crippen LogP) is 1.59. The standard InChI is InChI=1S/C12H16N4OS/c1-8-10(11(13)18)12(16(3)14-8)15(2)7-9-5-4-6-17-9/h4-6H,7H2,1-3H3,(H2,13,18). The molecule has 5 nitrogen and oxygen atoms in total. The molecule has 96 valence electrons. The van der Waals surface area contributed by atoms with Gasteiger partial charge in [0.1, 0.15) is 16.6 Å². The minimum Gasteiger partial charge on any atom is -0.467 e. The van der Waals surface area contributed by atoms with Crippen molar-refractivity contribution in [2.45, 2.75) is 13.5 Å². The van der Waals surface area contributed by atoms with E-state index in [0.717, 1.165) is 22.8 Å². The van der Waals surface area contributed by atoms with E-state index in [2.05, 4.69) is 5.10 Å². The van der Waals surface area contributed by atoms with Gasteiger partial charge in [0.2, 0.25) is 0 Å². The molecule has 2 N–H and O–H groups in total. The molecular weight excluding hydrogens is 248 g/mol. The van der Waals surface area contributed by atoms with Crippen LogP contribution < -0.4 is 10.6 Å². The number of rotatable bonds is 4. The Bertz CT molecular complexity index is 559. The van der Waals surface area contributed by atoms with Crippen LogP contribution in [0.3, 0.4) is 0 Å². The summed E-state index contributed by atoms with van der Waals surface area (Å²) in [5, 5.41) is 4.36. The second kappa shape index (κ2) is 4.81. The van der Waals surface area contributed by atoms with Crippen LogP contribution in [0.2, 0.25) is 0 Å². The van der Waals surface area contributed by atoms with E-state index in [9.17, 15) is 0 Å². The van der Waals surface area contributed by atoms with Crippen LogP contribution in [0.25, 0.3) is 0 Å². The van der Waals surface area contributed by atoms with E-state index in [0.29, 0.717) is 11.5 Å². The van der Waals surface area contributed by atoms with Crippen LogP contribution in [0.5, 0.6) is 0 Å². The van der Waals surface area contributed by atoms with Gasteiger partial charge in [0, 0.05) is 14.1 Å². The summed E-state index contributed by atoms with van der Waals surface area (Å²) in [4.78, 5) is 2.38. The molecule has 0 aromatic carbocycles. The van der Waals surface area contributed by atoms with Crippen LogP contribution in [0, 0.1) is 6.92 Å². The number of hydrogen-bond acceptors (Lipinski definition) is 4. The van der Waals surface area contributed by atoms with Crippen LogP contribution in [0.15, 0.2) is 22.8 Å². The molecular formula is C12H16N4OS. The first kappa shape index (κ1) is 12.6. The molecule has 0 fully saturated rings. The zero-order chi connectivity index (χ0) is 13.3. The Kier molecular flexibility index (Phi) is 3.38. The first-order valence-electron chi connectivity index (χ1n) is 5.57. The average Bonchev–Trinajstić information content (AvgIpc) is 2.85. The van der Waals surface area contributed by atoms with Gasteiger partial charge in [-0.15, -0.1) is 0 Å².